The van der Waals surface area contributed by atoms with Crippen molar-refractivity contribution in [1.29, 1.82) is 0 Å². The zero-order valence-corrected chi connectivity index (χ0v) is 13.3. The summed E-state index contributed by atoms with van der Waals surface area (Å²) in [6, 6.07) is 16.8. The first-order valence-electron chi connectivity index (χ1n) is 6.63. The van der Waals surface area contributed by atoms with Crippen molar-refractivity contribution in [2.45, 2.75) is 6.92 Å². The van der Waals surface area contributed by atoms with Crippen LogP contribution in [-0.2, 0) is 0 Å². The second-order valence-corrected chi connectivity index (χ2v) is 5.44. The highest BCUT2D eigenvalue weighted by atomic mass is 35.5. The molecule has 0 atom stereocenters. The van der Waals surface area contributed by atoms with E-state index in [1.165, 1.54) is 0 Å². The van der Waals surface area contributed by atoms with Gasteiger partial charge in [-0.15, -0.1) is 5.11 Å². The lowest BCUT2D eigenvalue weighted by Crippen LogP contribution is -1.95. The fourth-order valence-electron chi connectivity index (χ4n) is 1.96. The van der Waals surface area contributed by atoms with Crippen LogP contribution < -0.4 is 0 Å². The van der Waals surface area contributed by atoms with Crippen LogP contribution >= 0.6 is 23.2 Å². The Labute approximate surface area is 138 Å². The Morgan fingerprint density at radius 1 is 0.909 bits per heavy atom. The van der Waals surface area contributed by atoms with Gasteiger partial charge in [0.15, 0.2) is 5.15 Å². The van der Waals surface area contributed by atoms with Gasteiger partial charge in [-0.1, -0.05) is 41.4 Å². The first-order chi connectivity index (χ1) is 10.6. The van der Waals surface area contributed by atoms with E-state index in [0.29, 0.717) is 27.2 Å². The number of hydrogen-bond acceptors (Lipinski definition) is 3. The van der Waals surface area contributed by atoms with E-state index in [9.17, 15) is 0 Å². The molecule has 0 N–H and O–H groups in total. The van der Waals surface area contributed by atoms with Gasteiger partial charge in [-0.3, -0.25) is 0 Å². The predicted octanol–water partition coefficient (Wildman–Crippen LogP) is 5.90. The molecule has 0 aliphatic carbocycles. The highest BCUT2D eigenvalue weighted by molar-refractivity contribution is 6.32. The second-order valence-electron chi connectivity index (χ2n) is 4.65. The van der Waals surface area contributed by atoms with Crippen LogP contribution in [0.2, 0.25) is 10.2 Å². The molecule has 110 valence electrons. The maximum atomic E-state index is 6.38. The molecule has 0 unspecified atom stereocenters. The van der Waals surface area contributed by atoms with E-state index in [0.717, 1.165) is 5.69 Å². The monoisotopic (exact) mass is 330 g/mol. The molecule has 0 fully saturated rings. The molecular weight excluding hydrogens is 319 g/mol. The molecule has 1 aromatic heterocycles. The molecule has 4 nitrogen and oxygen atoms in total. The Kier molecular flexibility index (Phi) is 4.22. The van der Waals surface area contributed by atoms with Crippen LogP contribution in [0.1, 0.15) is 5.69 Å². The van der Waals surface area contributed by atoms with E-state index in [1.807, 2.05) is 37.3 Å². The number of aromatic nitrogens is 2. The quantitative estimate of drug-likeness (QED) is 0.551. The summed E-state index contributed by atoms with van der Waals surface area (Å²) in [7, 11) is 0. The molecular formula is C16H12Cl2N4. The Balaban J connectivity index is 1.95. The fourth-order valence-corrected chi connectivity index (χ4v) is 2.40. The van der Waals surface area contributed by atoms with Crippen molar-refractivity contribution in [3.8, 4) is 5.69 Å². The average molecular weight is 331 g/mol. The number of nitrogens with zero attached hydrogens (tertiary/aromatic N) is 4. The maximum Gasteiger partial charge on any atom is 0.160 e. The summed E-state index contributed by atoms with van der Waals surface area (Å²) < 4.78 is 1.65. The van der Waals surface area contributed by atoms with Crippen molar-refractivity contribution in [1.82, 2.24) is 9.78 Å². The number of benzene rings is 2. The Morgan fingerprint density at radius 2 is 1.59 bits per heavy atom. The molecule has 3 aromatic rings. The van der Waals surface area contributed by atoms with Gasteiger partial charge in [0.2, 0.25) is 0 Å². The zero-order chi connectivity index (χ0) is 15.5. The van der Waals surface area contributed by atoms with Crippen LogP contribution in [0.4, 0.5) is 11.4 Å². The molecule has 0 aliphatic heterocycles. The number of azo groups is 1. The highest BCUT2D eigenvalue weighted by Crippen LogP contribution is 2.32. The van der Waals surface area contributed by atoms with E-state index in [1.54, 1.807) is 28.9 Å². The maximum absolute atomic E-state index is 6.38. The summed E-state index contributed by atoms with van der Waals surface area (Å²) >= 11 is 12.2. The van der Waals surface area contributed by atoms with Gasteiger partial charge >= 0.3 is 0 Å². The van der Waals surface area contributed by atoms with E-state index < -0.39 is 0 Å². The third-order valence-corrected chi connectivity index (χ3v) is 3.66. The Bertz CT molecular complexity index is 808. The number of halogens is 2. The summed E-state index contributed by atoms with van der Waals surface area (Å²) in [5, 5.41) is 13.9. The van der Waals surface area contributed by atoms with Crippen LogP contribution in [0.5, 0.6) is 0 Å². The third kappa shape index (κ3) is 3.03. The van der Waals surface area contributed by atoms with Crippen molar-refractivity contribution < 1.29 is 0 Å². The average Bonchev–Trinajstić information content (AvgIpc) is 2.82. The molecule has 3 rings (SSSR count). The summed E-state index contributed by atoms with van der Waals surface area (Å²) in [6.45, 7) is 1.85. The number of para-hydroxylation sites is 1. The molecule has 0 aliphatic rings. The largest absolute Gasteiger partial charge is 0.220 e. The van der Waals surface area contributed by atoms with E-state index in [2.05, 4.69) is 15.3 Å². The molecule has 1 heterocycles. The van der Waals surface area contributed by atoms with Crippen LogP contribution in [0.15, 0.2) is 64.8 Å². The minimum absolute atomic E-state index is 0.432. The lowest BCUT2D eigenvalue weighted by molar-refractivity contribution is 0.863. The van der Waals surface area contributed by atoms with Gasteiger partial charge in [0.1, 0.15) is 5.69 Å². The minimum Gasteiger partial charge on any atom is -0.220 e. The van der Waals surface area contributed by atoms with Gasteiger partial charge in [0.05, 0.1) is 17.1 Å². The van der Waals surface area contributed by atoms with Crippen molar-refractivity contribution in [2.24, 2.45) is 10.2 Å². The minimum atomic E-state index is 0.432. The predicted molar refractivity (Wildman–Crippen MR) is 88.9 cm³/mol. The number of hydrogen-bond donors (Lipinski definition) is 0. The first-order valence-corrected chi connectivity index (χ1v) is 7.38. The molecule has 0 radical (unpaired) electrons. The lowest BCUT2D eigenvalue weighted by atomic mass is 10.3. The molecule has 6 heteroatoms. The normalized spacial score (nSPS) is 11.2. The van der Waals surface area contributed by atoms with Crippen molar-refractivity contribution in [3.63, 3.8) is 0 Å². The molecule has 2 aromatic carbocycles. The molecule has 22 heavy (non-hydrogen) atoms. The van der Waals surface area contributed by atoms with Crippen molar-refractivity contribution in [2.75, 3.05) is 0 Å². The van der Waals surface area contributed by atoms with Gasteiger partial charge < -0.3 is 0 Å². The standard InChI is InChI=1S/C16H12Cl2N4/c1-11-15(20-19-13-9-7-12(17)8-10-13)16(18)22(21-11)14-5-3-2-4-6-14/h2-10H,1H3. The summed E-state index contributed by atoms with van der Waals surface area (Å²) in [4.78, 5) is 0. The van der Waals surface area contributed by atoms with Crippen molar-refractivity contribution >= 4 is 34.6 Å². The molecule has 0 spiro atoms. The van der Waals surface area contributed by atoms with E-state index in [4.69, 9.17) is 23.2 Å². The summed E-state index contributed by atoms with van der Waals surface area (Å²) in [5.74, 6) is 0. The summed E-state index contributed by atoms with van der Waals surface area (Å²) in [5.41, 5.74) is 2.85. The lowest BCUT2D eigenvalue weighted by Gasteiger charge is -2.01. The van der Waals surface area contributed by atoms with Crippen molar-refractivity contribution in [3.05, 3.63) is 70.5 Å². The van der Waals surface area contributed by atoms with Crippen LogP contribution in [0.3, 0.4) is 0 Å². The van der Waals surface area contributed by atoms with Gasteiger partial charge in [-0.25, -0.2) is 4.68 Å². The number of rotatable bonds is 3. The first kappa shape index (κ1) is 14.8. The third-order valence-electron chi connectivity index (χ3n) is 3.07. The van der Waals surface area contributed by atoms with Crippen LogP contribution in [0.25, 0.3) is 5.69 Å². The van der Waals surface area contributed by atoms with Gasteiger partial charge in [0, 0.05) is 5.02 Å². The van der Waals surface area contributed by atoms with E-state index in [-0.39, 0.29) is 0 Å². The Morgan fingerprint density at radius 3 is 2.27 bits per heavy atom. The Hall–Kier alpha value is -2.17. The number of aryl methyl sites for hydroxylation is 1. The van der Waals surface area contributed by atoms with Gasteiger partial charge in [-0.2, -0.15) is 10.2 Å². The smallest absolute Gasteiger partial charge is 0.160 e. The van der Waals surface area contributed by atoms with E-state index >= 15 is 0 Å². The van der Waals surface area contributed by atoms with Crippen LogP contribution in [0, 0.1) is 6.92 Å². The highest BCUT2D eigenvalue weighted by Gasteiger charge is 2.14. The molecule has 0 bridgehead atoms. The topological polar surface area (TPSA) is 42.5 Å². The second kappa shape index (κ2) is 6.30. The summed E-state index contributed by atoms with van der Waals surface area (Å²) in [6.07, 6.45) is 0. The van der Waals surface area contributed by atoms with Gasteiger partial charge in [0.25, 0.3) is 0 Å². The fraction of sp³-hybridized carbons (Fsp3) is 0.0625. The molecule has 0 amide bonds. The SMILES string of the molecule is Cc1nn(-c2ccccc2)c(Cl)c1N=Nc1ccc(Cl)cc1. The van der Waals surface area contributed by atoms with Gasteiger partial charge in [-0.05, 0) is 43.3 Å². The van der Waals surface area contributed by atoms with Crippen LogP contribution in [-0.4, -0.2) is 9.78 Å². The molecule has 0 saturated carbocycles. The molecule has 0 saturated heterocycles. The zero-order valence-electron chi connectivity index (χ0n) is 11.7.